The van der Waals surface area contributed by atoms with Crippen LogP contribution in [0.3, 0.4) is 0 Å². The highest BCUT2D eigenvalue weighted by Gasteiger charge is 2.49. The Hall–Kier alpha value is -0.970. The molecular formula is C18H29N3O. The first-order valence-electron chi connectivity index (χ1n) is 8.51. The van der Waals surface area contributed by atoms with Gasteiger partial charge < -0.3 is 9.64 Å². The molecule has 3 heterocycles. The maximum Gasteiger partial charge on any atom is 0.0547 e. The van der Waals surface area contributed by atoms with Crippen molar-refractivity contribution in [3.8, 4) is 0 Å². The van der Waals surface area contributed by atoms with E-state index in [9.17, 15) is 0 Å². The minimum Gasteiger partial charge on any atom is -0.384 e. The van der Waals surface area contributed by atoms with Crippen LogP contribution >= 0.6 is 0 Å². The van der Waals surface area contributed by atoms with Crippen LogP contribution in [-0.4, -0.2) is 61.2 Å². The Morgan fingerprint density at radius 1 is 1.32 bits per heavy atom. The number of hydrogen-bond donors (Lipinski definition) is 0. The monoisotopic (exact) mass is 303 g/mol. The lowest BCUT2D eigenvalue weighted by Crippen LogP contribution is -2.36. The molecule has 4 nitrogen and oxygen atoms in total. The zero-order chi connectivity index (χ0) is 15.6. The number of aromatic nitrogens is 1. The van der Waals surface area contributed by atoms with Crippen LogP contribution in [0.1, 0.15) is 24.7 Å². The molecule has 0 radical (unpaired) electrons. The van der Waals surface area contributed by atoms with Crippen LogP contribution in [0.2, 0.25) is 0 Å². The smallest absolute Gasteiger partial charge is 0.0547 e. The van der Waals surface area contributed by atoms with Crippen molar-refractivity contribution in [1.29, 1.82) is 0 Å². The van der Waals surface area contributed by atoms with Gasteiger partial charge in [-0.2, -0.15) is 0 Å². The molecule has 0 aromatic carbocycles. The second-order valence-corrected chi connectivity index (χ2v) is 7.07. The molecule has 0 aliphatic carbocycles. The van der Waals surface area contributed by atoms with Crippen LogP contribution in [0.5, 0.6) is 0 Å². The Balaban J connectivity index is 1.67. The Morgan fingerprint density at radius 2 is 2.14 bits per heavy atom. The van der Waals surface area contributed by atoms with Gasteiger partial charge in [-0.3, -0.25) is 9.88 Å². The standard InChI is InChI=1S/C18H29N3O/c1-4-20-10-16(12-22-3)18(13-20)8-9-21(14-18)11-17-7-5-6-15(2)19-17/h5-7,16H,4,8-14H2,1-3H3/t16-,18-/m0/s1. The van der Waals surface area contributed by atoms with Crippen molar-refractivity contribution >= 4 is 0 Å². The molecule has 0 amide bonds. The van der Waals surface area contributed by atoms with Crippen molar-refractivity contribution < 1.29 is 4.74 Å². The fraction of sp³-hybridized carbons (Fsp3) is 0.722. The summed E-state index contributed by atoms with van der Waals surface area (Å²) in [5, 5.41) is 0. The van der Waals surface area contributed by atoms with Crippen molar-refractivity contribution in [3.05, 3.63) is 29.6 Å². The first kappa shape index (κ1) is 15.9. The molecule has 4 heteroatoms. The first-order chi connectivity index (χ1) is 10.6. The highest BCUT2D eigenvalue weighted by Crippen LogP contribution is 2.44. The summed E-state index contributed by atoms with van der Waals surface area (Å²) in [6.45, 7) is 12.2. The fourth-order valence-electron chi connectivity index (χ4n) is 4.31. The van der Waals surface area contributed by atoms with Crippen LogP contribution < -0.4 is 0 Å². The largest absolute Gasteiger partial charge is 0.384 e. The number of hydrogen-bond acceptors (Lipinski definition) is 4. The SMILES string of the molecule is CCN1C[C@@H](COC)[C@@]2(CCN(Cc3cccc(C)n3)C2)C1. The number of methoxy groups -OCH3 is 1. The van der Waals surface area contributed by atoms with Gasteiger partial charge in [0.15, 0.2) is 0 Å². The van der Waals surface area contributed by atoms with Crippen molar-refractivity contribution in [2.45, 2.75) is 26.8 Å². The number of aryl methyl sites for hydroxylation is 1. The average molecular weight is 303 g/mol. The van der Waals surface area contributed by atoms with E-state index in [1.54, 1.807) is 0 Å². The molecule has 122 valence electrons. The second kappa shape index (κ2) is 6.65. The lowest BCUT2D eigenvalue weighted by atomic mass is 9.77. The summed E-state index contributed by atoms with van der Waals surface area (Å²) in [5.41, 5.74) is 2.74. The summed E-state index contributed by atoms with van der Waals surface area (Å²) in [6, 6.07) is 6.34. The van der Waals surface area contributed by atoms with Crippen molar-refractivity contribution in [2.75, 3.05) is 46.4 Å². The highest BCUT2D eigenvalue weighted by molar-refractivity contribution is 5.11. The second-order valence-electron chi connectivity index (χ2n) is 7.07. The summed E-state index contributed by atoms with van der Waals surface area (Å²) in [4.78, 5) is 9.84. The van der Waals surface area contributed by atoms with E-state index in [0.717, 1.165) is 25.4 Å². The number of likely N-dealkylation sites (tertiary alicyclic amines) is 2. The van der Waals surface area contributed by atoms with Gasteiger partial charge >= 0.3 is 0 Å². The van der Waals surface area contributed by atoms with Gasteiger partial charge in [-0.05, 0) is 38.6 Å². The summed E-state index contributed by atoms with van der Waals surface area (Å²) in [6.07, 6.45) is 1.29. The minimum absolute atomic E-state index is 0.426. The number of rotatable bonds is 5. The van der Waals surface area contributed by atoms with Gasteiger partial charge in [0.2, 0.25) is 0 Å². The molecule has 0 bridgehead atoms. The molecule has 0 unspecified atom stereocenters. The van der Waals surface area contributed by atoms with Crippen LogP contribution in [0, 0.1) is 18.3 Å². The average Bonchev–Trinajstić information content (AvgIpc) is 3.05. The zero-order valence-electron chi connectivity index (χ0n) is 14.2. The summed E-state index contributed by atoms with van der Waals surface area (Å²) < 4.78 is 5.52. The molecule has 2 fully saturated rings. The fourth-order valence-corrected chi connectivity index (χ4v) is 4.31. The van der Waals surface area contributed by atoms with E-state index < -0.39 is 0 Å². The molecular weight excluding hydrogens is 274 g/mol. The maximum atomic E-state index is 5.52. The first-order valence-corrected chi connectivity index (χ1v) is 8.51. The Labute approximate surface area is 134 Å². The molecule has 0 saturated carbocycles. The number of ether oxygens (including phenoxy) is 1. The predicted molar refractivity (Wildman–Crippen MR) is 88.8 cm³/mol. The number of pyridine rings is 1. The molecule has 3 rings (SSSR count). The van der Waals surface area contributed by atoms with Crippen LogP contribution in [0.4, 0.5) is 0 Å². The summed E-state index contributed by atoms with van der Waals surface area (Å²) in [5.74, 6) is 0.674. The van der Waals surface area contributed by atoms with Crippen LogP contribution in [0.15, 0.2) is 18.2 Å². The quantitative estimate of drug-likeness (QED) is 0.833. The highest BCUT2D eigenvalue weighted by atomic mass is 16.5. The lowest BCUT2D eigenvalue weighted by Gasteiger charge is -2.30. The van der Waals surface area contributed by atoms with E-state index in [4.69, 9.17) is 4.74 Å². The Morgan fingerprint density at radius 3 is 2.86 bits per heavy atom. The Bertz CT molecular complexity index is 507. The molecule has 2 aliphatic heterocycles. The molecule has 2 saturated heterocycles. The van der Waals surface area contributed by atoms with Gasteiger partial charge in [0.05, 0.1) is 12.3 Å². The third kappa shape index (κ3) is 3.19. The summed E-state index contributed by atoms with van der Waals surface area (Å²) in [7, 11) is 1.84. The van der Waals surface area contributed by atoms with Crippen molar-refractivity contribution in [1.82, 2.24) is 14.8 Å². The van der Waals surface area contributed by atoms with E-state index in [1.165, 1.54) is 38.3 Å². The van der Waals surface area contributed by atoms with E-state index >= 15 is 0 Å². The van der Waals surface area contributed by atoms with Crippen LogP contribution in [-0.2, 0) is 11.3 Å². The molecule has 1 aromatic heterocycles. The topological polar surface area (TPSA) is 28.6 Å². The Kier molecular flexibility index (Phi) is 4.81. The minimum atomic E-state index is 0.426. The van der Waals surface area contributed by atoms with Gasteiger partial charge in [0.25, 0.3) is 0 Å². The van der Waals surface area contributed by atoms with Gasteiger partial charge in [-0.25, -0.2) is 0 Å². The van der Waals surface area contributed by atoms with E-state index in [-0.39, 0.29) is 0 Å². The third-order valence-corrected chi connectivity index (χ3v) is 5.49. The van der Waals surface area contributed by atoms with Crippen LogP contribution in [0.25, 0.3) is 0 Å². The molecule has 1 aromatic rings. The molecule has 22 heavy (non-hydrogen) atoms. The maximum absolute atomic E-state index is 5.52. The van der Waals surface area contributed by atoms with E-state index in [0.29, 0.717) is 11.3 Å². The zero-order valence-corrected chi connectivity index (χ0v) is 14.2. The van der Waals surface area contributed by atoms with Gasteiger partial charge in [-0.15, -0.1) is 0 Å². The van der Waals surface area contributed by atoms with Gasteiger partial charge in [0, 0.05) is 50.3 Å². The van der Waals surface area contributed by atoms with E-state index in [2.05, 4.69) is 46.8 Å². The lowest BCUT2D eigenvalue weighted by molar-refractivity contribution is 0.0958. The third-order valence-electron chi connectivity index (χ3n) is 5.49. The van der Waals surface area contributed by atoms with Gasteiger partial charge in [-0.1, -0.05) is 13.0 Å². The molecule has 2 atom stereocenters. The summed E-state index contributed by atoms with van der Waals surface area (Å²) >= 11 is 0. The van der Waals surface area contributed by atoms with E-state index in [1.807, 2.05) is 7.11 Å². The predicted octanol–water partition coefficient (Wildman–Crippen LogP) is 2.18. The normalized spacial score (nSPS) is 29.7. The molecule has 0 N–H and O–H groups in total. The molecule has 1 spiro atoms. The van der Waals surface area contributed by atoms with Crippen molar-refractivity contribution in [2.24, 2.45) is 11.3 Å². The van der Waals surface area contributed by atoms with Gasteiger partial charge in [0.1, 0.15) is 0 Å². The molecule has 2 aliphatic rings. The van der Waals surface area contributed by atoms with Crippen molar-refractivity contribution in [3.63, 3.8) is 0 Å². The number of nitrogens with zero attached hydrogens (tertiary/aromatic N) is 3.